The smallest absolute Gasteiger partial charge is 0.416 e. The maximum Gasteiger partial charge on any atom is 0.416 e. The molecule has 2 N–H and O–H groups in total. The number of alkyl halides is 3. The second-order valence-corrected chi connectivity index (χ2v) is 4.19. The summed E-state index contributed by atoms with van der Waals surface area (Å²) in [6, 6.07) is 2.34. The van der Waals surface area contributed by atoms with Crippen molar-refractivity contribution in [2.24, 2.45) is 11.7 Å². The van der Waals surface area contributed by atoms with E-state index in [2.05, 4.69) is 0 Å². The molecular weight excluding hydrogens is 278 g/mol. The largest absolute Gasteiger partial charge is 0.466 e. The van der Waals surface area contributed by atoms with Crippen LogP contribution in [0.15, 0.2) is 18.2 Å². The number of carbonyl (C=O) groups excluding carboxylic acids is 1. The van der Waals surface area contributed by atoms with Crippen LogP contribution in [0.1, 0.15) is 18.1 Å². The van der Waals surface area contributed by atoms with Gasteiger partial charge in [-0.2, -0.15) is 13.2 Å². The fourth-order valence-corrected chi connectivity index (χ4v) is 1.78. The Bertz CT molecular complexity index is 474. The fourth-order valence-electron chi connectivity index (χ4n) is 1.78. The Morgan fingerprint density at radius 2 is 2.05 bits per heavy atom. The SMILES string of the molecule is CCOC(=O)C(CN)Cc1ccc(F)cc1C(F)(F)F. The van der Waals surface area contributed by atoms with E-state index < -0.39 is 29.4 Å². The zero-order valence-electron chi connectivity index (χ0n) is 10.8. The van der Waals surface area contributed by atoms with Crippen molar-refractivity contribution >= 4 is 5.97 Å². The van der Waals surface area contributed by atoms with Crippen molar-refractivity contribution in [3.8, 4) is 0 Å². The average Bonchev–Trinajstić information content (AvgIpc) is 2.36. The summed E-state index contributed by atoms with van der Waals surface area (Å²) >= 11 is 0. The minimum Gasteiger partial charge on any atom is -0.466 e. The first-order valence-electron chi connectivity index (χ1n) is 6.01. The van der Waals surface area contributed by atoms with Crippen molar-refractivity contribution in [2.75, 3.05) is 13.2 Å². The van der Waals surface area contributed by atoms with Gasteiger partial charge < -0.3 is 10.5 Å². The molecule has 0 aliphatic carbocycles. The van der Waals surface area contributed by atoms with Crippen molar-refractivity contribution in [1.82, 2.24) is 0 Å². The Morgan fingerprint density at radius 3 is 2.55 bits per heavy atom. The van der Waals surface area contributed by atoms with Crippen LogP contribution in [0.2, 0.25) is 0 Å². The Kier molecular flexibility index (Phi) is 5.50. The Labute approximate surface area is 113 Å². The first-order chi connectivity index (χ1) is 9.29. The molecule has 0 amide bonds. The van der Waals surface area contributed by atoms with E-state index in [0.29, 0.717) is 6.07 Å². The van der Waals surface area contributed by atoms with Crippen LogP contribution in [0.25, 0.3) is 0 Å². The van der Waals surface area contributed by atoms with Crippen LogP contribution in [0.3, 0.4) is 0 Å². The highest BCUT2D eigenvalue weighted by molar-refractivity contribution is 5.73. The zero-order valence-corrected chi connectivity index (χ0v) is 10.8. The number of halogens is 4. The van der Waals surface area contributed by atoms with Gasteiger partial charge in [-0.3, -0.25) is 4.79 Å². The highest BCUT2D eigenvalue weighted by Crippen LogP contribution is 2.33. The molecule has 1 atom stereocenters. The molecular formula is C13H15F4NO2. The van der Waals surface area contributed by atoms with Gasteiger partial charge in [0.25, 0.3) is 0 Å². The van der Waals surface area contributed by atoms with Crippen LogP contribution in [-0.2, 0) is 22.1 Å². The average molecular weight is 293 g/mol. The quantitative estimate of drug-likeness (QED) is 0.670. The fraction of sp³-hybridized carbons (Fsp3) is 0.462. The molecule has 0 bridgehead atoms. The van der Waals surface area contributed by atoms with Gasteiger partial charge in [0.2, 0.25) is 0 Å². The van der Waals surface area contributed by atoms with E-state index >= 15 is 0 Å². The van der Waals surface area contributed by atoms with E-state index in [4.69, 9.17) is 10.5 Å². The zero-order chi connectivity index (χ0) is 15.3. The lowest BCUT2D eigenvalue weighted by Crippen LogP contribution is -2.28. The molecule has 1 unspecified atom stereocenters. The number of carbonyl (C=O) groups is 1. The molecule has 1 aromatic carbocycles. The maximum atomic E-state index is 13.0. The van der Waals surface area contributed by atoms with Crippen LogP contribution in [-0.4, -0.2) is 19.1 Å². The summed E-state index contributed by atoms with van der Waals surface area (Å²) in [5.41, 5.74) is 4.11. The summed E-state index contributed by atoms with van der Waals surface area (Å²) in [5, 5.41) is 0. The Morgan fingerprint density at radius 1 is 1.40 bits per heavy atom. The number of benzene rings is 1. The van der Waals surface area contributed by atoms with Gasteiger partial charge in [-0.1, -0.05) is 6.07 Å². The van der Waals surface area contributed by atoms with Gasteiger partial charge >= 0.3 is 12.1 Å². The second-order valence-electron chi connectivity index (χ2n) is 4.19. The van der Waals surface area contributed by atoms with E-state index in [1.165, 1.54) is 0 Å². The van der Waals surface area contributed by atoms with Gasteiger partial charge in [-0.05, 0) is 31.0 Å². The maximum absolute atomic E-state index is 13.0. The molecule has 0 saturated heterocycles. The molecule has 0 heterocycles. The van der Waals surface area contributed by atoms with Crippen LogP contribution in [0.5, 0.6) is 0 Å². The van der Waals surface area contributed by atoms with Crippen LogP contribution in [0.4, 0.5) is 17.6 Å². The van der Waals surface area contributed by atoms with E-state index in [1.807, 2.05) is 0 Å². The minimum atomic E-state index is -4.69. The third kappa shape index (κ3) is 4.19. The number of rotatable bonds is 5. The molecule has 1 rings (SSSR count). The predicted octanol–water partition coefficient (Wildman–Crippen LogP) is 2.53. The van der Waals surface area contributed by atoms with E-state index in [9.17, 15) is 22.4 Å². The number of hydrogen-bond acceptors (Lipinski definition) is 3. The summed E-state index contributed by atoms with van der Waals surface area (Å²) in [6.45, 7) is 1.56. The minimum absolute atomic E-state index is 0.116. The molecule has 112 valence electrons. The number of esters is 1. The van der Waals surface area contributed by atoms with Crippen molar-refractivity contribution < 1.29 is 27.1 Å². The van der Waals surface area contributed by atoms with Gasteiger partial charge in [-0.25, -0.2) is 4.39 Å². The number of hydrogen-bond donors (Lipinski definition) is 1. The third-order valence-corrected chi connectivity index (χ3v) is 2.75. The molecule has 0 fully saturated rings. The lowest BCUT2D eigenvalue weighted by atomic mass is 9.95. The molecule has 7 heteroatoms. The monoisotopic (exact) mass is 293 g/mol. The molecule has 0 aliphatic rings. The summed E-state index contributed by atoms with van der Waals surface area (Å²) in [6.07, 6.45) is -4.93. The molecule has 0 saturated carbocycles. The Hall–Kier alpha value is -1.63. The number of ether oxygens (including phenoxy) is 1. The van der Waals surface area contributed by atoms with Crippen molar-refractivity contribution in [3.05, 3.63) is 35.1 Å². The molecule has 0 aromatic heterocycles. The van der Waals surface area contributed by atoms with E-state index in [0.717, 1.165) is 12.1 Å². The molecule has 0 aliphatic heterocycles. The Balaban J connectivity index is 3.04. The van der Waals surface area contributed by atoms with Crippen LogP contribution < -0.4 is 5.73 Å². The normalized spacial score (nSPS) is 13.1. The summed E-state index contributed by atoms with van der Waals surface area (Å²) in [4.78, 5) is 11.5. The van der Waals surface area contributed by atoms with Gasteiger partial charge in [0.1, 0.15) is 5.82 Å². The van der Waals surface area contributed by atoms with Gasteiger partial charge in [0.05, 0.1) is 18.1 Å². The van der Waals surface area contributed by atoms with Crippen LogP contribution >= 0.6 is 0 Å². The molecule has 0 spiro atoms. The van der Waals surface area contributed by atoms with Gasteiger partial charge in [0, 0.05) is 6.54 Å². The van der Waals surface area contributed by atoms with E-state index in [-0.39, 0.29) is 25.1 Å². The van der Waals surface area contributed by atoms with E-state index in [1.54, 1.807) is 6.92 Å². The lowest BCUT2D eigenvalue weighted by molar-refractivity contribution is -0.148. The highest BCUT2D eigenvalue weighted by Gasteiger charge is 2.34. The summed E-state index contributed by atoms with van der Waals surface area (Å²) in [5.74, 6) is -2.53. The van der Waals surface area contributed by atoms with Crippen molar-refractivity contribution in [3.63, 3.8) is 0 Å². The third-order valence-electron chi connectivity index (χ3n) is 2.75. The van der Waals surface area contributed by atoms with Crippen molar-refractivity contribution in [1.29, 1.82) is 0 Å². The molecule has 0 radical (unpaired) electrons. The topological polar surface area (TPSA) is 52.3 Å². The first kappa shape index (κ1) is 16.4. The summed E-state index contributed by atoms with van der Waals surface area (Å²) < 4.78 is 56.2. The van der Waals surface area contributed by atoms with Gasteiger partial charge in [-0.15, -0.1) is 0 Å². The lowest BCUT2D eigenvalue weighted by Gasteiger charge is -2.17. The first-order valence-corrected chi connectivity index (χ1v) is 6.01. The standard InChI is InChI=1S/C13H15F4NO2/c1-2-20-12(19)9(7-18)5-8-3-4-10(14)6-11(8)13(15,16)17/h3-4,6,9H,2,5,7,18H2,1H3. The summed E-state index contributed by atoms with van der Waals surface area (Å²) in [7, 11) is 0. The van der Waals surface area contributed by atoms with Gasteiger partial charge in [0.15, 0.2) is 0 Å². The highest BCUT2D eigenvalue weighted by atomic mass is 19.4. The predicted molar refractivity (Wildman–Crippen MR) is 64.3 cm³/mol. The van der Waals surface area contributed by atoms with Crippen molar-refractivity contribution in [2.45, 2.75) is 19.5 Å². The molecule has 3 nitrogen and oxygen atoms in total. The van der Waals surface area contributed by atoms with Crippen LogP contribution in [0, 0.1) is 11.7 Å². The number of nitrogens with two attached hydrogens (primary N) is 1. The molecule has 1 aromatic rings. The molecule has 20 heavy (non-hydrogen) atoms. The second kappa shape index (κ2) is 6.69.